The van der Waals surface area contributed by atoms with Gasteiger partial charge in [0.25, 0.3) is 0 Å². The molecule has 1 heterocycles. The van der Waals surface area contributed by atoms with Gasteiger partial charge in [0.1, 0.15) is 6.10 Å². The number of aryl methyl sites for hydroxylation is 2. The maximum absolute atomic E-state index is 10.1. The van der Waals surface area contributed by atoms with Crippen LogP contribution in [0.15, 0.2) is 36.4 Å². The Labute approximate surface area is 94.8 Å². The topological polar surface area (TPSA) is 46.0 Å². The second kappa shape index (κ2) is 4.41. The van der Waals surface area contributed by atoms with Crippen molar-refractivity contribution in [3.8, 4) is 0 Å². The zero-order valence-corrected chi connectivity index (χ0v) is 9.38. The lowest BCUT2D eigenvalue weighted by Gasteiger charge is -2.10. The molecule has 3 nitrogen and oxygen atoms in total. The Morgan fingerprint density at radius 1 is 1.00 bits per heavy atom. The van der Waals surface area contributed by atoms with Crippen LogP contribution >= 0.6 is 0 Å². The molecule has 0 aliphatic carbocycles. The SMILES string of the molecule is Cc1cc(C)nc([C@H](O)c2ccccc2)n1. The van der Waals surface area contributed by atoms with Gasteiger partial charge in [0.05, 0.1) is 0 Å². The van der Waals surface area contributed by atoms with Gasteiger partial charge in [0.15, 0.2) is 5.82 Å². The molecule has 0 aliphatic heterocycles. The van der Waals surface area contributed by atoms with E-state index in [0.29, 0.717) is 5.82 Å². The Morgan fingerprint density at radius 2 is 1.56 bits per heavy atom. The van der Waals surface area contributed by atoms with Gasteiger partial charge in [-0.25, -0.2) is 9.97 Å². The molecule has 1 aromatic carbocycles. The van der Waals surface area contributed by atoms with Crippen LogP contribution in [0.25, 0.3) is 0 Å². The number of rotatable bonds is 2. The fraction of sp³-hybridized carbons (Fsp3) is 0.231. The minimum Gasteiger partial charge on any atom is -0.380 e. The average Bonchev–Trinajstić information content (AvgIpc) is 2.28. The highest BCUT2D eigenvalue weighted by Gasteiger charge is 2.13. The van der Waals surface area contributed by atoms with Crippen molar-refractivity contribution < 1.29 is 5.11 Å². The van der Waals surface area contributed by atoms with Crippen LogP contribution < -0.4 is 0 Å². The van der Waals surface area contributed by atoms with Crippen LogP contribution in [-0.2, 0) is 0 Å². The summed E-state index contributed by atoms with van der Waals surface area (Å²) in [6.45, 7) is 3.80. The maximum atomic E-state index is 10.1. The number of hydrogen-bond donors (Lipinski definition) is 1. The molecule has 0 fully saturated rings. The third-order valence-electron chi connectivity index (χ3n) is 2.36. The number of benzene rings is 1. The number of aliphatic hydroxyl groups excluding tert-OH is 1. The van der Waals surface area contributed by atoms with E-state index < -0.39 is 6.10 Å². The molecule has 2 aromatic rings. The molecule has 1 N–H and O–H groups in total. The summed E-state index contributed by atoms with van der Waals surface area (Å²) in [6, 6.07) is 11.3. The highest BCUT2D eigenvalue weighted by atomic mass is 16.3. The summed E-state index contributed by atoms with van der Waals surface area (Å²) in [7, 11) is 0. The molecule has 1 atom stereocenters. The summed E-state index contributed by atoms with van der Waals surface area (Å²) in [4.78, 5) is 8.50. The third kappa shape index (κ3) is 2.25. The van der Waals surface area contributed by atoms with E-state index in [-0.39, 0.29) is 0 Å². The molecule has 0 saturated carbocycles. The van der Waals surface area contributed by atoms with Gasteiger partial charge in [-0.2, -0.15) is 0 Å². The van der Waals surface area contributed by atoms with E-state index in [1.807, 2.05) is 50.2 Å². The van der Waals surface area contributed by atoms with Gasteiger partial charge in [-0.15, -0.1) is 0 Å². The summed E-state index contributed by atoms with van der Waals surface area (Å²) >= 11 is 0. The first kappa shape index (κ1) is 10.8. The first-order chi connectivity index (χ1) is 7.66. The highest BCUT2D eigenvalue weighted by Crippen LogP contribution is 2.18. The molecule has 0 spiro atoms. The van der Waals surface area contributed by atoms with Gasteiger partial charge in [-0.05, 0) is 25.5 Å². The lowest BCUT2D eigenvalue weighted by atomic mass is 10.1. The third-order valence-corrected chi connectivity index (χ3v) is 2.36. The average molecular weight is 214 g/mol. The van der Waals surface area contributed by atoms with Crippen LogP contribution in [0.2, 0.25) is 0 Å². The Kier molecular flexibility index (Phi) is 2.97. The van der Waals surface area contributed by atoms with Crippen molar-refractivity contribution in [2.45, 2.75) is 20.0 Å². The summed E-state index contributed by atoms with van der Waals surface area (Å²) in [5.74, 6) is 0.462. The Morgan fingerprint density at radius 3 is 2.12 bits per heavy atom. The Hall–Kier alpha value is -1.74. The summed E-state index contributed by atoms with van der Waals surface area (Å²) < 4.78 is 0. The second-order valence-corrected chi connectivity index (χ2v) is 3.82. The normalized spacial score (nSPS) is 12.4. The molecule has 1 aromatic heterocycles. The second-order valence-electron chi connectivity index (χ2n) is 3.82. The van der Waals surface area contributed by atoms with Crippen LogP contribution in [-0.4, -0.2) is 15.1 Å². The van der Waals surface area contributed by atoms with E-state index in [0.717, 1.165) is 17.0 Å². The Bertz CT molecular complexity index is 462. The molecule has 16 heavy (non-hydrogen) atoms. The standard InChI is InChI=1S/C13H14N2O/c1-9-8-10(2)15-13(14-9)12(16)11-6-4-3-5-7-11/h3-8,12,16H,1-2H3/t12-/m1/s1. The molecule has 82 valence electrons. The van der Waals surface area contributed by atoms with Gasteiger partial charge >= 0.3 is 0 Å². The van der Waals surface area contributed by atoms with Crippen LogP contribution in [0.4, 0.5) is 0 Å². The predicted octanol–water partition coefficient (Wildman–Crippen LogP) is 2.18. The molecule has 3 heteroatoms. The molecule has 0 aliphatic rings. The molecular formula is C13H14N2O. The molecule has 0 unspecified atom stereocenters. The van der Waals surface area contributed by atoms with Crippen molar-refractivity contribution in [2.24, 2.45) is 0 Å². The van der Waals surface area contributed by atoms with Crippen molar-refractivity contribution in [2.75, 3.05) is 0 Å². The number of aliphatic hydroxyl groups is 1. The number of hydrogen-bond acceptors (Lipinski definition) is 3. The van der Waals surface area contributed by atoms with Crippen molar-refractivity contribution in [1.82, 2.24) is 9.97 Å². The molecule has 0 bridgehead atoms. The molecule has 0 radical (unpaired) electrons. The van der Waals surface area contributed by atoms with E-state index >= 15 is 0 Å². The van der Waals surface area contributed by atoms with Gasteiger partial charge in [-0.1, -0.05) is 30.3 Å². The zero-order valence-electron chi connectivity index (χ0n) is 9.38. The van der Waals surface area contributed by atoms with Crippen molar-refractivity contribution in [3.05, 3.63) is 59.2 Å². The zero-order chi connectivity index (χ0) is 11.5. The van der Waals surface area contributed by atoms with Crippen LogP contribution in [0, 0.1) is 13.8 Å². The molecular weight excluding hydrogens is 200 g/mol. The summed E-state index contributed by atoms with van der Waals surface area (Å²) in [5.41, 5.74) is 2.56. The van der Waals surface area contributed by atoms with Crippen molar-refractivity contribution in [1.29, 1.82) is 0 Å². The fourth-order valence-electron chi connectivity index (χ4n) is 1.66. The number of nitrogens with zero attached hydrogens (tertiary/aromatic N) is 2. The quantitative estimate of drug-likeness (QED) is 0.833. The van der Waals surface area contributed by atoms with Gasteiger partial charge in [0, 0.05) is 11.4 Å². The minimum absolute atomic E-state index is 0.462. The van der Waals surface area contributed by atoms with Crippen molar-refractivity contribution in [3.63, 3.8) is 0 Å². The molecule has 0 amide bonds. The lowest BCUT2D eigenvalue weighted by Crippen LogP contribution is -2.07. The molecule has 0 saturated heterocycles. The highest BCUT2D eigenvalue weighted by molar-refractivity contribution is 5.23. The van der Waals surface area contributed by atoms with Crippen molar-refractivity contribution >= 4 is 0 Å². The van der Waals surface area contributed by atoms with Crippen LogP contribution in [0.1, 0.15) is 28.9 Å². The van der Waals surface area contributed by atoms with Crippen LogP contribution in [0.3, 0.4) is 0 Å². The van der Waals surface area contributed by atoms with Gasteiger partial charge < -0.3 is 5.11 Å². The monoisotopic (exact) mass is 214 g/mol. The maximum Gasteiger partial charge on any atom is 0.161 e. The summed E-state index contributed by atoms with van der Waals surface area (Å²) in [5, 5.41) is 10.1. The molecule has 2 rings (SSSR count). The van der Waals surface area contributed by atoms with E-state index in [9.17, 15) is 5.11 Å². The predicted molar refractivity (Wildman–Crippen MR) is 62.0 cm³/mol. The Balaban J connectivity index is 2.37. The van der Waals surface area contributed by atoms with Gasteiger partial charge in [0.2, 0.25) is 0 Å². The first-order valence-electron chi connectivity index (χ1n) is 5.22. The number of aromatic nitrogens is 2. The van der Waals surface area contributed by atoms with E-state index in [4.69, 9.17) is 0 Å². The first-order valence-corrected chi connectivity index (χ1v) is 5.22. The lowest BCUT2D eigenvalue weighted by molar-refractivity contribution is 0.209. The fourth-order valence-corrected chi connectivity index (χ4v) is 1.66. The van der Waals surface area contributed by atoms with E-state index in [1.165, 1.54) is 0 Å². The van der Waals surface area contributed by atoms with E-state index in [2.05, 4.69) is 9.97 Å². The minimum atomic E-state index is -0.750. The van der Waals surface area contributed by atoms with Gasteiger partial charge in [-0.3, -0.25) is 0 Å². The van der Waals surface area contributed by atoms with E-state index in [1.54, 1.807) is 0 Å². The largest absolute Gasteiger partial charge is 0.380 e. The smallest absolute Gasteiger partial charge is 0.161 e. The summed E-state index contributed by atoms with van der Waals surface area (Å²) in [6.07, 6.45) is -0.750. The van der Waals surface area contributed by atoms with Crippen LogP contribution in [0.5, 0.6) is 0 Å².